The number of benzene rings is 1. The number of piperidine rings is 1. The number of aryl methyl sites for hydroxylation is 2. The molecule has 0 spiro atoms. The lowest BCUT2D eigenvalue weighted by Crippen LogP contribution is -2.52. The van der Waals surface area contributed by atoms with E-state index in [9.17, 15) is 13.2 Å². The van der Waals surface area contributed by atoms with Crippen molar-refractivity contribution in [1.82, 2.24) is 14.1 Å². The molecular formula is C22H35N3O3S. The maximum Gasteiger partial charge on any atom is 0.243 e. The monoisotopic (exact) mass is 421 g/mol. The van der Waals surface area contributed by atoms with Gasteiger partial charge in [-0.15, -0.1) is 0 Å². The van der Waals surface area contributed by atoms with E-state index in [1.165, 1.54) is 0 Å². The van der Waals surface area contributed by atoms with Crippen LogP contribution in [0.2, 0.25) is 0 Å². The summed E-state index contributed by atoms with van der Waals surface area (Å²) in [5, 5.41) is 0. The van der Waals surface area contributed by atoms with Crippen molar-refractivity contribution in [1.29, 1.82) is 0 Å². The number of rotatable bonds is 5. The maximum atomic E-state index is 13.0. The van der Waals surface area contributed by atoms with Crippen LogP contribution in [0.3, 0.4) is 0 Å². The second-order valence-corrected chi connectivity index (χ2v) is 10.9. The van der Waals surface area contributed by atoms with E-state index in [1.807, 2.05) is 24.8 Å². The van der Waals surface area contributed by atoms with Crippen LogP contribution in [0, 0.1) is 25.7 Å². The molecule has 162 valence electrons. The second kappa shape index (κ2) is 9.14. The molecular weight excluding hydrogens is 386 g/mol. The van der Waals surface area contributed by atoms with Crippen LogP contribution in [0.1, 0.15) is 37.8 Å². The summed E-state index contributed by atoms with van der Waals surface area (Å²) in [7, 11) is -3.49. The molecule has 0 atom stereocenters. The number of carbonyl (C=O) groups excluding carboxylic acids is 1. The van der Waals surface area contributed by atoms with Gasteiger partial charge in [0.15, 0.2) is 0 Å². The molecule has 6 nitrogen and oxygen atoms in total. The van der Waals surface area contributed by atoms with Crippen molar-refractivity contribution in [2.45, 2.75) is 45.4 Å². The molecule has 0 N–H and O–H groups in total. The topological polar surface area (TPSA) is 60.9 Å². The minimum absolute atomic E-state index is 0.0575. The number of nitrogens with zero attached hydrogens (tertiary/aromatic N) is 3. The molecule has 0 unspecified atom stereocenters. The van der Waals surface area contributed by atoms with Crippen LogP contribution in [0.15, 0.2) is 23.1 Å². The van der Waals surface area contributed by atoms with Gasteiger partial charge >= 0.3 is 0 Å². The summed E-state index contributed by atoms with van der Waals surface area (Å²) in [6.45, 7) is 13.7. The van der Waals surface area contributed by atoms with Gasteiger partial charge in [0.2, 0.25) is 15.9 Å². The fourth-order valence-electron chi connectivity index (χ4n) is 4.29. The summed E-state index contributed by atoms with van der Waals surface area (Å²) in [6, 6.07) is 5.29. The maximum absolute atomic E-state index is 13.0. The van der Waals surface area contributed by atoms with Gasteiger partial charge in [-0.3, -0.25) is 9.69 Å². The fourth-order valence-corrected chi connectivity index (χ4v) is 5.85. The van der Waals surface area contributed by atoms with E-state index >= 15 is 0 Å². The molecule has 3 rings (SSSR count). The normalized spacial score (nSPS) is 20.4. The lowest BCUT2D eigenvalue weighted by molar-refractivity contribution is -0.138. The third-order valence-corrected chi connectivity index (χ3v) is 8.12. The fraction of sp³-hybridized carbons (Fsp3) is 0.682. The smallest absolute Gasteiger partial charge is 0.243 e. The molecule has 2 fully saturated rings. The van der Waals surface area contributed by atoms with Crippen molar-refractivity contribution in [3.63, 3.8) is 0 Å². The summed E-state index contributed by atoms with van der Waals surface area (Å²) in [5.74, 6) is 0.788. The molecule has 0 radical (unpaired) electrons. The van der Waals surface area contributed by atoms with Gasteiger partial charge in [0.05, 0.1) is 4.90 Å². The molecule has 0 aromatic heterocycles. The SMILES string of the molecule is Cc1ccc(S(=O)(=O)N2CCC(C(=O)N3CCN(CC(C)C)CC3)CC2)cc1C. The molecule has 7 heteroatoms. The van der Waals surface area contributed by atoms with Crippen molar-refractivity contribution in [3.05, 3.63) is 29.3 Å². The van der Waals surface area contributed by atoms with Gasteiger partial charge in [0.1, 0.15) is 0 Å². The Balaban J connectivity index is 1.55. The summed E-state index contributed by atoms with van der Waals surface area (Å²) in [5.41, 5.74) is 2.06. The first-order valence-electron chi connectivity index (χ1n) is 10.8. The average molecular weight is 422 g/mol. The molecule has 2 heterocycles. The zero-order chi connectivity index (χ0) is 21.2. The molecule has 0 bridgehead atoms. The largest absolute Gasteiger partial charge is 0.340 e. The summed E-state index contributed by atoms with van der Waals surface area (Å²) in [6.07, 6.45) is 1.21. The Morgan fingerprint density at radius 2 is 1.62 bits per heavy atom. The van der Waals surface area contributed by atoms with E-state index in [1.54, 1.807) is 16.4 Å². The van der Waals surface area contributed by atoms with Crippen LogP contribution in [0.25, 0.3) is 0 Å². The second-order valence-electron chi connectivity index (χ2n) is 8.94. The molecule has 2 saturated heterocycles. The van der Waals surface area contributed by atoms with E-state index in [0.717, 1.165) is 43.9 Å². The van der Waals surface area contributed by atoms with Gasteiger partial charge in [0.25, 0.3) is 0 Å². The van der Waals surface area contributed by atoms with Crippen LogP contribution < -0.4 is 0 Å². The third-order valence-electron chi connectivity index (χ3n) is 6.23. The van der Waals surface area contributed by atoms with Crippen LogP contribution in [-0.2, 0) is 14.8 Å². The van der Waals surface area contributed by atoms with E-state index in [0.29, 0.717) is 36.7 Å². The Morgan fingerprint density at radius 1 is 1.00 bits per heavy atom. The Labute approximate surface area is 175 Å². The Morgan fingerprint density at radius 3 is 2.17 bits per heavy atom. The first-order chi connectivity index (χ1) is 13.7. The van der Waals surface area contributed by atoms with Crippen molar-refractivity contribution in [3.8, 4) is 0 Å². The lowest BCUT2D eigenvalue weighted by Gasteiger charge is -2.38. The molecule has 0 aliphatic carbocycles. The van der Waals surface area contributed by atoms with Gasteiger partial charge in [-0.25, -0.2) is 8.42 Å². The van der Waals surface area contributed by atoms with Crippen LogP contribution in [0.4, 0.5) is 0 Å². The van der Waals surface area contributed by atoms with Crippen molar-refractivity contribution < 1.29 is 13.2 Å². The Hall–Kier alpha value is -1.44. The van der Waals surface area contributed by atoms with Gasteiger partial charge < -0.3 is 4.90 Å². The summed E-state index contributed by atoms with van der Waals surface area (Å²) in [4.78, 5) is 17.7. The summed E-state index contributed by atoms with van der Waals surface area (Å²) >= 11 is 0. The molecule has 2 aliphatic rings. The molecule has 0 saturated carbocycles. The number of hydrogen-bond acceptors (Lipinski definition) is 4. The highest BCUT2D eigenvalue weighted by atomic mass is 32.2. The van der Waals surface area contributed by atoms with Crippen molar-refractivity contribution in [2.24, 2.45) is 11.8 Å². The van der Waals surface area contributed by atoms with Gasteiger partial charge in [-0.05, 0) is 55.9 Å². The van der Waals surface area contributed by atoms with Crippen LogP contribution in [0.5, 0.6) is 0 Å². The number of hydrogen-bond donors (Lipinski definition) is 0. The van der Waals surface area contributed by atoms with Gasteiger partial charge in [-0.1, -0.05) is 19.9 Å². The number of sulfonamides is 1. The minimum Gasteiger partial charge on any atom is -0.340 e. The van der Waals surface area contributed by atoms with Gasteiger partial charge in [0, 0.05) is 51.7 Å². The molecule has 2 aliphatic heterocycles. The molecule has 29 heavy (non-hydrogen) atoms. The van der Waals surface area contributed by atoms with Crippen molar-refractivity contribution >= 4 is 15.9 Å². The van der Waals surface area contributed by atoms with E-state index in [4.69, 9.17) is 0 Å². The highest BCUT2D eigenvalue weighted by Crippen LogP contribution is 2.26. The third kappa shape index (κ3) is 5.19. The first kappa shape index (κ1) is 22.2. The Bertz CT molecular complexity index is 822. The van der Waals surface area contributed by atoms with E-state index in [2.05, 4.69) is 18.7 Å². The lowest BCUT2D eigenvalue weighted by atomic mass is 9.96. The number of piperazine rings is 1. The molecule has 1 aromatic rings. The molecule has 1 amide bonds. The molecule has 1 aromatic carbocycles. The van der Waals surface area contributed by atoms with Gasteiger partial charge in [-0.2, -0.15) is 4.31 Å². The highest BCUT2D eigenvalue weighted by Gasteiger charge is 2.34. The van der Waals surface area contributed by atoms with E-state index < -0.39 is 10.0 Å². The Kier molecular flexibility index (Phi) is 7.02. The first-order valence-corrected chi connectivity index (χ1v) is 12.2. The standard InChI is InChI=1S/C22H35N3O3S/c1-17(2)16-23-11-13-24(14-12-23)22(26)20-7-9-25(10-8-20)29(27,28)21-6-5-18(3)19(4)15-21/h5-6,15,17,20H,7-14,16H2,1-4H3. The minimum atomic E-state index is -3.49. The van der Waals surface area contributed by atoms with Crippen LogP contribution in [-0.4, -0.2) is 74.2 Å². The summed E-state index contributed by atoms with van der Waals surface area (Å²) < 4.78 is 27.5. The predicted molar refractivity (Wildman–Crippen MR) is 115 cm³/mol. The predicted octanol–water partition coefficient (Wildman–Crippen LogP) is 2.50. The average Bonchev–Trinajstić information content (AvgIpc) is 2.69. The van der Waals surface area contributed by atoms with E-state index in [-0.39, 0.29) is 11.8 Å². The zero-order valence-corrected chi connectivity index (χ0v) is 19.0. The van der Waals surface area contributed by atoms with Crippen molar-refractivity contribution in [2.75, 3.05) is 45.8 Å². The number of amides is 1. The van der Waals surface area contributed by atoms with Crippen LogP contribution >= 0.6 is 0 Å². The number of carbonyl (C=O) groups is 1. The highest BCUT2D eigenvalue weighted by molar-refractivity contribution is 7.89. The zero-order valence-electron chi connectivity index (χ0n) is 18.2. The quantitative estimate of drug-likeness (QED) is 0.733.